The average Bonchev–Trinajstić information content (AvgIpc) is 2.82. The molecule has 1 saturated heterocycles. The Hall–Kier alpha value is -0.0800. The third kappa shape index (κ3) is 3.96. The van der Waals surface area contributed by atoms with Crippen molar-refractivity contribution in [3.63, 3.8) is 0 Å². The molecule has 0 radical (unpaired) electrons. The molecule has 2 aliphatic rings. The minimum Gasteiger partial charge on any atom is -0.312 e. The second-order valence-corrected chi connectivity index (χ2v) is 6.30. The van der Waals surface area contributed by atoms with Gasteiger partial charge in [-0.25, -0.2) is 0 Å². The molecule has 0 amide bonds. The third-order valence-electron chi connectivity index (χ3n) is 4.71. The fourth-order valence-corrected chi connectivity index (χ4v) is 3.63. The van der Waals surface area contributed by atoms with Gasteiger partial charge in [-0.1, -0.05) is 26.7 Å². The van der Waals surface area contributed by atoms with Crippen molar-refractivity contribution in [3.05, 3.63) is 0 Å². The van der Waals surface area contributed by atoms with Gasteiger partial charge in [0.15, 0.2) is 0 Å². The molecule has 1 heterocycles. The van der Waals surface area contributed by atoms with Gasteiger partial charge in [0.05, 0.1) is 0 Å². The van der Waals surface area contributed by atoms with Crippen molar-refractivity contribution in [2.24, 2.45) is 11.8 Å². The zero-order valence-electron chi connectivity index (χ0n) is 11.8. The van der Waals surface area contributed by atoms with Crippen molar-refractivity contribution in [1.82, 2.24) is 10.2 Å². The van der Waals surface area contributed by atoms with Gasteiger partial charge in [0.2, 0.25) is 0 Å². The minimum atomic E-state index is 0.798. The molecule has 2 fully saturated rings. The Kier molecular flexibility index (Phi) is 5.30. The molecule has 17 heavy (non-hydrogen) atoms. The first-order valence-corrected chi connectivity index (χ1v) is 7.73. The molecule has 0 aromatic rings. The first-order chi connectivity index (χ1) is 8.27. The van der Waals surface area contributed by atoms with E-state index in [0.29, 0.717) is 0 Å². The van der Waals surface area contributed by atoms with E-state index in [4.69, 9.17) is 0 Å². The highest BCUT2D eigenvalue weighted by atomic mass is 15.2. The third-order valence-corrected chi connectivity index (χ3v) is 4.71. The molecule has 2 heteroatoms. The lowest BCUT2D eigenvalue weighted by atomic mass is 9.78. The van der Waals surface area contributed by atoms with E-state index in [1.807, 2.05) is 0 Å². The number of rotatable bonds is 5. The lowest BCUT2D eigenvalue weighted by Crippen LogP contribution is -2.43. The Morgan fingerprint density at radius 1 is 1.06 bits per heavy atom. The van der Waals surface area contributed by atoms with Crippen molar-refractivity contribution in [2.45, 2.75) is 58.4 Å². The second kappa shape index (κ2) is 6.75. The van der Waals surface area contributed by atoms with Gasteiger partial charge in [-0.3, -0.25) is 0 Å². The van der Waals surface area contributed by atoms with Gasteiger partial charge < -0.3 is 10.2 Å². The molecule has 1 saturated carbocycles. The van der Waals surface area contributed by atoms with Gasteiger partial charge in [0.1, 0.15) is 0 Å². The molecule has 1 aliphatic carbocycles. The summed E-state index contributed by atoms with van der Waals surface area (Å²) in [6, 6.07) is 0.798. The predicted molar refractivity (Wildman–Crippen MR) is 74.3 cm³/mol. The lowest BCUT2D eigenvalue weighted by molar-refractivity contribution is 0.199. The topological polar surface area (TPSA) is 15.3 Å². The van der Waals surface area contributed by atoms with E-state index >= 15 is 0 Å². The zero-order valence-corrected chi connectivity index (χ0v) is 11.8. The molecule has 0 bridgehead atoms. The number of hydrogen-bond donors (Lipinski definition) is 1. The second-order valence-electron chi connectivity index (χ2n) is 6.30. The maximum absolute atomic E-state index is 3.84. The lowest BCUT2D eigenvalue weighted by Gasteiger charge is -2.35. The molecule has 0 spiro atoms. The van der Waals surface area contributed by atoms with Crippen LogP contribution < -0.4 is 5.32 Å². The van der Waals surface area contributed by atoms with E-state index in [-0.39, 0.29) is 0 Å². The largest absolute Gasteiger partial charge is 0.312 e. The summed E-state index contributed by atoms with van der Waals surface area (Å²) < 4.78 is 0. The molecule has 1 N–H and O–H groups in total. The number of nitrogens with zero attached hydrogens (tertiary/aromatic N) is 1. The van der Waals surface area contributed by atoms with Crippen LogP contribution in [-0.2, 0) is 0 Å². The van der Waals surface area contributed by atoms with Gasteiger partial charge in [-0.15, -0.1) is 0 Å². The van der Waals surface area contributed by atoms with Crippen LogP contribution >= 0.6 is 0 Å². The fraction of sp³-hybridized carbons (Fsp3) is 1.00. The van der Waals surface area contributed by atoms with Crippen molar-refractivity contribution in [2.75, 3.05) is 26.2 Å². The maximum Gasteiger partial charge on any atom is 0.0107 e. The fourth-order valence-electron chi connectivity index (χ4n) is 3.63. The van der Waals surface area contributed by atoms with Crippen LogP contribution in [0, 0.1) is 11.8 Å². The van der Waals surface area contributed by atoms with Gasteiger partial charge in [0.25, 0.3) is 0 Å². The summed E-state index contributed by atoms with van der Waals surface area (Å²) in [5.74, 6) is 1.77. The van der Waals surface area contributed by atoms with Crippen LogP contribution in [0.2, 0.25) is 0 Å². The van der Waals surface area contributed by atoms with E-state index in [0.717, 1.165) is 17.9 Å². The molecular formula is C15H30N2. The predicted octanol–water partition coefficient (Wildman–Crippen LogP) is 2.89. The summed E-state index contributed by atoms with van der Waals surface area (Å²) in [6.45, 7) is 9.92. The highest BCUT2D eigenvalue weighted by Gasteiger charge is 2.26. The number of hydrogen-bond acceptors (Lipinski definition) is 2. The average molecular weight is 238 g/mol. The van der Waals surface area contributed by atoms with Crippen molar-refractivity contribution in [1.29, 1.82) is 0 Å². The van der Waals surface area contributed by atoms with Crippen LogP contribution in [0.25, 0.3) is 0 Å². The van der Waals surface area contributed by atoms with E-state index in [1.54, 1.807) is 0 Å². The summed E-state index contributed by atoms with van der Waals surface area (Å²) in [7, 11) is 0. The van der Waals surface area contributed by atoms with Crippen molar-refractivity contribution in [3.8, 4) is 0 Å². The smallest absolute Gasteiger partial charge is 0.0107 e. The maximum atomic E-state index is 3.84. The Balaban J connectivity index is 1.68. The Morgan fingerprint density at radius 3 is 2.47 bits per heavy atom. The molecule has 0 aromatic heterocycles. The van der Waals surface area contributed by atoms with Crippen LogP contribution in [0.15, 0.2) is 0 Å². The van der Waals surface area contributed by atoms with Gasteiger partial charge >= 0.3 is 0 Å². The quantitative estimate of drug-likeness (QED) is 0.792. The van der Waals surface area contributed by atoms with Crippen LogP contribution in [-0.4, -0.2) is 37.1 Å². The van der Waals surface area contributed by atoms with E-state index in [1.165, 1.54) is 64.7 Å². The summed E-state index contributed by atoms with van der Waals surface area (Å²) in [5, 5.41) is 3.84. The van der Waals surface area contributed by atoms with Crippen molar-refractivity contribution < 1.29 is 0 Å². The molecule has 100 valence electrons. The summed E-state index contributed by atoms with van der Waals surface area (Å²) in [5.41, 5.74) is 0. The Bertz CT molecular complexity index is 209. The van der Waals surface area contributed by atoms with E-state index in [9.17, 15) is 0 Å². The molecule has 2 unspecified atom stereocenters. The van der Waals surface area contributed by atoms with Crippen LogP contribution in [0.5, 0.6) is 0 Å². The molecular weight excluding hydrogens is 208 g/mol. The molecule has 2 nitrogen and oxygen atoms in total. The van der Waals surface area contributed by atoms with Gasteiger partial charge in [-0.2, -0.15) is 0 Å². The summed E-state index contributed by atoms with van der Waals surface area (Å²) in [6.07, 6.45) is 8.57. The Morgan fingerprint density at radius 2 is 1.76 bits per heavy atom. The minimum absolute atomic E-state index is 0.798. The molecule has 0 aromatic carbocycles. The van der Waals surface area contributed by atoms with Crippen LogP contribution in [0.1, 0.15) is 52.4 Å². The van der Waals surface area contributed by atoms with Crippen LogP contribution in [0.4, 0.5) is 0 Å². The first kappa shape index (κ1) is 13.4. The Labute approximate surface area is 107 Å². The normalized spacial score (nSPS) is 31.2. The van der Waals surface area contributed by atoms with E-state index < -0.39 is 0 Å². The van der Waals surface area contributed by atoms with Gasteiger partial charge in [0, 0.05) is 19.1 Å². The summed E-state index contributed by atoms with van der Waals surface area (Å²) >= 11 is 0. The highest BCUT2D eigenvalue weighted by molar-refractivity contribution is 4.83. The highest BCUT2D eigenvalue weighted by Crippen LogP contribution is 2.30. The van der Waals surface area contributed by atoms with Crippen molar-refractivity contribution >= 4 is 0 Å². The monoisotopic (exact) mass is 238 g/mol. The standard InChI is InChI=1S/C15H30N2/c1-13(2)14-7-3-4-8-15(14)16-9-12-17-10-5-6-11-17/h13-16H,3-12H2,1-2H3. The van der Waals surface area contributed by atoms with E-state index in [2.05, 4.69) is 24.1 Å². The molecule has 2 atom stereocenters. The summed E-state index contributed by atoms with van der Waals surface area (Å²) in [4.78, 5) is 2.61. The molecule has 2 rings (SSSR count). The van der Waals surface area contributed by atoms with Crippen LogP contribution in [0.3, 0.4) is 0 Å². The van der Waals surface area contributed by atoms with Gasteiger partial charge in [-0.05, 0) is 50.6 Å². The first-order valence-electron chi connectivity index (χ1n) is 7.73. The SMILES string of the molecule is CC(C)C1CCCCC1NCCN1CCCC1. The number of likely N-dealkylation sites (tertiary alicyclic amines) is 1. The number of nitrogens with one attached hydrogen (secondary N) is 1. The zero-order chi connectivity index (χ0) is 12.1. The molecule has 1 aliphatic heterocycles.